The van der Waals surface area contributed by atoms with Crippen molar-refractivity contribution in [2.24, 2.45) is 5.73 Å². The summed E-state index contributed by atoms with van der Waals surface area (Å²) < 4.78 is 5.22. The third kappa shape index (κ3) is 3.50. The van der Waals surface area contributed by atoms with Crippen LogP contribution in [-0.2, 0) is 0 Å². The largest absolute Gasteiger partial charge is 0.497 e. The van der Waals surface area contributed by atoms with Crippen molar-refractivity contribution in [3.05, 3.63) is 24.3 Å². The van der Waals surface area contributed by atoms with Gasteiger partial charge in [-0.1, -0.05) is 0 Å². The molecule has 4 nitrogen and oxygen atoms in total. The van der Waals surface area contributed by atoms with Gasteiger partial charge >= 0.3 is 0 Å². The first-order valence-corrected chi connectivity index (χ1v) is 8.15. The molecule has 2 aliphatic rings. The van der Waals surface area contributed by atoms with Crippen molar-refractivity contribution in [1.29, 1.82) is 0 Å². The summed E-state index contributed by atoms with van der Waals surface area (Å²) in [6.45, 7) is 4.58. The van der Waals surface area contributed by atoms with Crippen LogP contribution in [0.1, 0.15) is 25.7 Å². The lowest BCUT2D eigenvalue weighted by Gasteiger charge is -2.42. The van der Waals surface area contributed by atoms with E-state index in [1.807, 2.05) is 12.1 Å². The minimum Gasteiger partial charge on any atom is -0.497 e. The molecule has 2 N–H and O–H groups in total. The van der Waals surface area contributed by atoms with Crippen LogP contribution in [0.3, 0.4) is 0 Å². The Morgan fingerprint density at radius 1 is 0.952 bits per heavy atom. The fourth-order valence-electron chi connectivity index (χ4n) is 3.61. The number of nitrogens with zero attached hydrogens (tertiary/aromatic N) is 2. The Kier molecular flexibility index (Phi) is 4.66. The standard InChI is InChI=1S/C17H27N3O/c1-21-17-8-6-16(7-9-17)20-12-10-19(11-13-20)15-4-2-14(18)3-5-15/h6-9,14-15H,2-5,10-13,18H2,1H3. The number of rotatable bonds is 3. The van der Waals surface area contributed by atoms with Gasteiger partial charge in [-0.15, -0.1) is 0 Å². The lowest BCUT2D eigenvalue weighted by Crippen LogP contribution is -2.51. The third-order valence-electron chi connectivity index (χ3n) is 5.01. The van der Waals surface area contributed by atoms with E-state index < -0.39 is 0 Å². The molecule has 21 heavy (non-hydrogen) atoms. The van der Waals surface area contributed by atoms with Crippen LogP contribution in [0.15, 0.2) is 24.3 Å². The highest BCUT2D eigenvalue weighted by molar-refractivity contribution is 5.49. The van der Waals surface area contributed by atoms with Crippen molar-refractivity contribution < 1.29 is 4.74 Å². The average Bonchev–Trinajstić information content (AvgIpc) is 2.56. The van der Waals surface area contributed by atoms with E-state index in [4.69, 9.17) is 10.5 Å². The molecule has 116 valence electrons. The number of anilines is 1. The number of benzene rings is 1. The maximum absolute atomic E-state index is 6.01. The zero-order valence-corrected chi connectivity index (χ0v) is 13.0. The Balaban J connectivity index is 1.52. The van der Waals surface area contributed by atoms with E-state index in [-0.39, 0.29) is 0 Å². The first-order chi connectivity index (χ1) is 10.3. The normalized spacial score (nSPS) is 27.6. The van der Waals surface area contributed by atoms with Crippen molar-refractivity contribution >= 4 is 5.69 Å². The van der Waals surface area contributed by atoms with E-state index in [0.717, 1.165) is 24.9 Å². The number of ether oxygens (including phenoxy) is 1. The van der Waals surface area contributed by atoms with Gasteiger partial charge in [-0.2, -0.15) is 0 Å². The summed E-state index contributed by atoms with van der Waals surface area (Å²) in [6, 6.07) is 9.63. The smallest absolute Gasteiger partial charge is 0.119 e. The molecule has 0 unspecified atom stereocenters. The molecule has 1 heterocycles. The fraction of sp³-hybridized carbons (Fsp3) is 0.647. The van der Waals surface area contributed by atoms with E-state index in [0.29, 0.717) is 6.04 Å². The minimum absolute atomic E-state index is 0.446. The molecule has 0 atom stereocenters. The monoisotopic (exact) mass is 289 g/mol. The van der Waals surface area contributed by atoms with Gasteiger partial charge in [0.25, 0.3) is 0 Å². The second-order valence-corrected chi connectivity index (χ2v) is 6.29. The molecule has 1 aliphatic carbocycles. The molecule has 1 aliphatic heterocycles. The highest BCUT2D eigenvalue weighted by Crippen LogP contribution is 2.25. The van der Waals surface area contributed by atoms with E-state index in [1.54, 1.807) is 7.11 Å². The Hall–Kier alpha value is -1.26. The van der Waals surface area contributed by atoms with Gasteiger partial charge in [0.05, 0.1) is 7.11 Å². The predicted octanol–water partition coefficient (Wildman–Crippen LogP) is 2.09. The lowest BCUT2D eigenvalue weighted by atomic mass is 9.90. The maximum Gasteiger partial charge on any atom is 0.119 e. The molecule has 0 aromatic heterocycles. The van der Waals surface area contributed by atoms with Crippen molar-refractivity contribution in [2.75, 3.05) is 38.2 Å². The molecule has 0 amide bonds. The van der Waals surface area contributed by atoms with Crippen molar-refractivity contribution in [3.8, 4) is 5.75 Å². The number of hydrogen-bond donors (Lipinski definition) is 1. The van der Waals surface area contributed by atoms with Crippen LogP contribution in [0.5, 0.6) is 5.75 Å². The molecule has 1 saturated carbocycles. The first-order valence-electron chi connectivity index (χ1n) is 8.15. The summed E-state index contributed by atoms with van der Waals surface area (Å²) >= 11 is 0. The molecular formula is C17H27N3O. The van der Waals surface area contributed by atoms with Crippen molar-refractivity contribution in [3.63, 3.8) is 0 Å². The second-order valence-electron chi connectivity index (χ2n) is 6.29. The minimum atomic E-state index is 0.446. The molecular weight excluding hydrogens is 262 g/mol. The second kappa shape index (κ2) is 6.67. The summed E-state index contributed by atoms with van der Waals surface area (Å²) in [5.41, 5.74) is 7.32. The van der Waals surface area contributed by atoms with Gasteiger partial charge in [0.15, 0.2) is 0 Å². The van der Waals surface area contributed by atoms with Gasteiger partial charge in [-0.3, -0.25) is 4.90 Å². The van der Waals surface area contributed by atoms with Crippen LogP contribution in [-0.4, -0.2) is 50.3 Å². The molecule has 1 aromatic rings. The van der Waals surface area contributed by atoms with Gasteiger partial charge in [0, 0.05) is 44.0 Å². The zero-order valence-electron chi connectivity index (χ0n) is 13.0. The highest BCUT2D eigenvalue weighted by Gasteiger charge is 2.27. The Labute approximate surface area is 127 Å². The van der Waals surface area contributed by atoms with Gasteiger partial charge in [0.1, 0.15) is 5.75 Å². The fourth-order valence-corrected chi connectivity index (χ4v) is 3.61. The summed E-state index contributed by atoms with van der Waals surface area (Å²) in [4.78, 5) is 5.15. The molecule has 0 bridgehead atoms. The summed E-state index contributed by atoms with van der Waals surface area (Å²) in [5.74, 6) is 0.927. The van der Waals surface area contributed by atoms with Gasteiger partial charge in [-0.05, 0) is 49.9 Å². The van der Waals surface area contributed by atoms with E-state index in [2.05, 4.69) is 21.9 Å². The van der Waals surface area contributed by atoms with Crippen LogP contribution < -0.4 is 15.4 Å². The SMILES string of the molecule is COc1ccc(N2CCN(C3CCC(N)CC3)CC2)cc1. The van der Waals surface area contributed by atoms with Gasteiger partial charge < -0.3 is 15.4 Å². The average molecular weight is 289 g/mol. The Morgan fingerprint density at radius 2 is 1.57 bits per heavy atom. The van der Waals surface area contributed by atoms with Gasteiger partial charge in [-0.25, -0.2) is 0 Å². The number of methoxy groups -OCH3 is 1. The van der Waals surface area contributed by atoms with Crippen LogP contribution in [0.4, 0.5) is 5.69 Å². The summed E-state index contributed by atoms with van der Waals surface area (Å²) in [6.07, 6.45) is 4.96. The molecule has 1 saturated heterocycles. The molecule has 3 rings (SSSR count). The van der Waals surface area contributed by atoms with Crippen molar-refractivity contribution in [2.45, 2.75) is 37.8 Å². The zero-order chi connectivity index (χ0) is 14.7. The molecule has 0 spiro atoms. The third-order valence-corrected chi connectivity index (χ3v) is 5.01. The maximum atomic E-state index is 6.01. The number of piperazine rings is 1. The van der Waals surface area contributed by atoms with E-state index in [9.17, 15) is 0 Å². The quantitative estimate of drug-likeness (QED) is 0.925. The summed E-state index contributed by atoms with van der Waals surface area (Å²) in [7, 11) is 1.71. The predicted molar refractivity (Wildman–Crippen MR) is 87.0 cm³/mol. The molecule has 2 fully saturated rings. The van der Waals surface area contributed by atoms with Gasteiger partial charge in [0.2, 0.25) is 0 Å². The molecule has 0 radical (unpaired) electrons. The van der Waals surface area contributed by atoms with Crippen molar-refractivity contribution in [1.82, 2.24) is 4.90 Å². The van der Waals surface area contributed by atoms with E-state index >= 15 is 0 Å². The number of nitrogens with two attached hydrogens (primary N) is 1. The highest BCUT2D eigenvalue weighted by atomic mass is 16.5. The molecule has 4 heteroatoms. The van der Waals surface area contributed by atoms with E-state index in [1.165, 1.54) is 44.5 Å². The van der Waals surface area contributed by atoms with Crippen LogP contribution in [0.2, 0.25) is 0 Å². The Bertz CT molecular complexity index is 432. The number of hydrogen-bond acceptors (Lipinski definition) is 4. The lowest BCUT2D eigenvalue weighted by molar-refractivity contribution is 0.142. The van der Waals surface area contributed by atoms with Crippen LogP contribution >= 0.6 is 0 Å². The van der Waals surface area contributed by atoms with Crippen LogP contribution in [0.25, 0.3) is 0 Å². The Morgan fingerprint density at radius 3 is 2.14 bits per heavy atom. The molecule has 1 aromatic carbocycles. The first kappa shape index (κ1) is 14.7. The van der Waals surface area contributed by atoms with Crippen LogP contribution in [0, 0.1) is 0 Å². The summed E-state index contributed by atoms with van der Waals surface area (Å²) in [5, 5.41) is 0. The topological polar surface area (TPSA) is 41.7 Å².